The Morgan fingerprint density at radius 2 is 1.75 bits per heavy atom. The minimum absolute atomic E-state index is 0.00493. The topological polar surface area (TPSA) is 116 Å². The average Bonchev–Trinajstić information content (AvgIpc) is 2.82. The number of ether oxygens (including phenoxy) is 1. The number of piperazine rings is 1. The molecule has 0 aliphatic carbocycles. The van der Waals surface area contributed by atoms with E-state index in [4.69, 9.17) is 4.74 Å². The summed E-state index contributed by atoms with van der Waals surface area (Å²) >= 11 is 0. The molecule has 3 aliphatic rings. The van der Waals surface area contributed by atoms with E-state index >= 15 is 4.39 Å². The molecular weight excluding hydrogens is 395 g/mol. The van der Waals surface area contributed by atoms with Gasteiger partial charge in [-0.05, 0) is 20.8 Å². The van der Waals surface area contributed by atoms with Gasteiger partial charge in [-0.25, -0.2) is 13.9 Å². The van der Waals surface area contributed by atoms with Gasteiger partial charge in [0.2, 0.25) is 0 Å². The van der Waals surface area contributed by atoms with Crippen molar-refractivity contribution in [2.75, 3.05) is 32.7 Å². The van der Waals surface area contributed by atoms with Crippen molar-refractivity contribution in [2.24, 2.45) is 0 Å². The lowest BCUT2D eigenvalue weighted by Crippen LogP contribution is -2.60. The number of alkyl halides is 1. The molecule has 1 N–H and O–H groups in total. The van der Waals surface area contributed by atoms with Gasteiger partial charge >= 0.3 is 16.3 Å². The number of nitrogens with one attached hydrogen (secondary N) is 1. The summed E-state index contributed by atoms with van der Waals surface area (Å²) in [7, 11) is -3.87. The maximum absolute atomic E-state index is 15.3. The monoisotopic (exact) mass is 420 g/mol. The lowest BCUT2D eigenvalue weighted by Gasteiger charge is -2.41. The van der Waals surface area contributed by atoms with Crippen LogP contribution in [0.15, 0.2) is 0 Å². The molecule has 1 atom stereocenters. The molecular formula is C16H25FN4O6S. The van der Waals surface area contributed by atoms with E-state index in [9.17, 15) is 22.8 Å². The van der Waals surface area contributed by atoms with E-state index in [-0.39, 0.29) is 45.6 Å². The fourth-order valence-corrected chi connectivity index (χ4v) is 4.90. The molecule has 0 aromatic carbocycles. The van der Waals surface area contributed by atoms with Crippen LogP contribution >= 0.6 is 0 Å². The third-order valence-electron chi connectivity index (χ3n) is 5.05. The summed E-state index contributed by atoms with van der Waals surface area (Å²) < 4.78 is 47.1. The van der Waals surface area contributed by atoms with Gasteiger partial charge in [-0.15, -0.1) is 0 Å². The second-order valence-electron chi connectivity index (χ2n) is 8.28. The summed E-state index contributed by atoms with van der Waals surface area (Å²) in [5, 5.41) is 0. The van der Waals surface area contributed by atoms with Crippen LogP contribution in [0.2, 0.25) is 0 Å². The maximum atomic E-state index is 15.3. The number of nitrogens with zero attached hydrogens (tertiary/aromatic N) is 3. The second kappa shape index (κ2) is 6.83. The van der Waals surface area contributed by atoms with Gasteiger partial charge in [0.05, 0.1) is 0 Å². The second-order valence-corrected chi connectivity index (χ2v) is 9.91. The predicted octanol–water partition coefficient (Wildman–Crippen LogP) is -0.387. The quantitative estimate of drug-likeness (QED) is 0.618. The average molecular weight is 420 g/mol. The molecule has 0 bridgehead atoms. The van der Waals surface area contributed by atoms with Crippen LogP contribution in [-0.4, -0.2) is 90.5 Å². The first-order valence-corrected chi connectivity index (χ1v) is 10.6. The first-order chi connectivity index (χ1) is 12.8. The molecule has 0 saturated carbocycles. The minimum Gasteiger partial charge on any atom is -0.444 e. The van der Waals surface area contributed by atoms with Crippen molar-refractivity contribution in [2.45, 2.75) is 50.9 Å². The normalized spacial score (nSPS) is 27.1. The molecule has 3 fully saturated rings. The van der Waals surface area contributed by atoms with Crippen molar-refractivity contribution in [1.29, 1.82) is 0 Å². The van der Waals surface area contributed by atoms with E-state index in [0.717, 1.165) is 4.31 Å². The van der Waals surface area contributed by atoms with Gasteiger partial charge in [0.1, 0.15) is 11.6 Å². The highest BCUT2D eigenvalue weighted by Gasteiger charge is 2.51. The standard InChI is InChI=1S/C16H25FN4O6S/c1-15(2,3)27-14(24)19-6-4-16(17,5-7-19)13(23)20-8-9-21-11(10-20)12(22)18-28(21,25)26/h11H,4-10H2,1-3H3,(H,18,22). The van der Waals surface area contributed by atoms with E-state index < -0.39 is 45.4 Å². The van der Waals surface area contributed by atoms with Gasteiger partial charge in [0.25, 0.3) is 11.8 Å². The summed E-state index contributed by atoms with van der Waals surface area (Å²) in [6.07, 6.45) is -0.913. The zero-order chi connectivity index (χ0) is 20.9. The highest BCUT2D eigenvalue weighted by atomic mass is 32.2. The Labute approximate surface area is 163 Å². The molecule has 28 heavy (non-hydrogen) atoms. The number of piperidine rings is 1. The first kappa shape index (κ1) is 20.8. The summed E-state index contributed by atoms with van der Waals surface area (Å²) in [4.78, 5) is 39.3. The molecule has 3 rings (SSSR count). The third kappa shape index (κ3) is 3.93. The fourth-order valence-electron chi connectivity index (χ4n) is 3.57. The Bertz CT molecular complexity index is 787. The van der Waals surface area contributed by atoms with Crippen LogP contribution < -0.4 is 4.72 Å². The van der Waals surface area contributed by atoms with Crippen molar-refractivity contribution in [1.82, 2.24) is 18.8 Å². The van der Waals surface area contributed by atoms with Gasteiger partial charge in [-0.3, -0.25) is 9.59 Å². The van der Waals surface area contributed by atoms with Crippen LogP contribution in [0.25, 0.3) is 0 Å². The van der Waals surface area contributed by atoms with E-state index in [2.05, 4.69) is 0 Å². The number of carbonyl (C=O) groups excluding carboxylic acids is 3. The highest BCUT2D eigenvalue weighted by molar-refractivity contribution is 7.88. The van der Waals surface area contributed by atoms with Crippen molar-refractivity contribution in [3.05, 3.63) is 0 Å². The molecule has 12 heteroatoms. The molecule has 1 unspecified atom stereocenters. The molecule has 0 spiro atoms. The Balaban J connectivity index is 1.61. The number of fused-ring (bicyclic) bond motifs is 1. The molecule has 0 aromatic rings. The van der Waals surface area contributed by atoms with E-state index in [1.165, 1.54) is 9.80 Å². The smallest absolute Gasteiger partial charge is 0.410 e. The van der Waals surface area contributed by atoms with Gasteiger partial charge in [-0.1, -0.05) is 0 Å². The van der Waals surface area contributed by atoms with E-state index in [0.29, 0.717) is 0 Å². The summed E-state index contributed by atoms with van der Waals surface area (Å²) in [6, 6.07) is -1.03. The first-order valence-electron chi connectivity index (χ1n) is 9.12. The Morgan fingerprint density at radius 1 is 1.14 bits per heavy atom. The zero-order valence-electron chi connectivity index (χ0n) is 16.1. The summed E-state index contributed by atoms with van der Waals surface area (Å²) in [5.74, 6) is -1.49. The van der Waals surface area contributed by atoms with Crippen LogP contribution in [-0.2, 0) is 24.5 Å². The van der Waals surface area contributed by atoms with Crippen LogP contribution in [0, 0.1) is 0 Å². The largest absolute Gasteiger partial charge is 0.444 e. The van der Waals surface area contributed by atoms with Crippen molar-refractivity contribution >= 4 is 28.1 Å². The zero-order valence-corrected chi connectivity index (χ0v) is 16.9. The number of carbonyl (C=O) groups is 3. The van der Waals surface area contributed by atoms with Crippen molar-refractivity contribution in [3.63, 3.8) is 0 Å². The van der Waals surface area contributed by atoms with Crippen LogP contribution in [0.5, 0.6) is 0 Å². The predicted molar refractivity (Wildman–Crippen MR) is 95.0 cm³/mol. The Kier molecular flexibility index (Phi) is 5.07. The SMILES string of the molecule is CC(C)(C)OC(=O)N1CCC(F)(C(=O)N2CCN3C(C2)C(=O)NS3(=O)=O)CC1. The number of likely N-dealkylation sites (tertiary alicyclic amines) is 1. The lowest BCUT2D eigenvalue weighted by molar-refractivity contribution is -0.150. The number of halogens is 1. The van der Waals surface area contributed by atoms with Gasteiger partial charge < -0.3 is 14.5 Å². The van der Waals surface area contributed by atoms with Gasteiger partial charge in [0.15, 0.2) is 5.67 Å². The Hall–Kier alpha value is -1.95. The lowest BCUT2D eigenvalue weighted by atomic mass is 9.91. The number of rotatable bonds is 1. The highest BCUT2D eigenvalue weighted by Crippen LogP contribution is 2.31. The Morgan fingerprint density at radius 3 is 2.32 bits per heavy atom. The molecule has 158 valence electrons. The minimum atomic E-state index is -3.87. The summed E-state index contributed by atoms with van der Waals surface area (Å²) in [6.45, 7) is 5.02. The summed E-state index contributed by atoms with van der Waals surface area (Å²) in [5.41, 5.74) is -2.83. The maximum Gasteiger partial charge on any atom is 0.410 e. The molecule has 3 heterocycles. The van der Waals surface area contributed by atoms with Crippen molar-refractivity contribution in [3.8, 4) is 0 Å². The molecule has 3 aliphatic heterocycles. The van der Waals surface area contributed by atoms with Crippen LogP contribution in [0.4, 0.5) is 9.18 Å². The van der Waals surface area contributed by atoms with E-state index in [1.807, 2.05) is 4.72 Å². The van der Waals surface area contributed by atoms with Crippen molar-refractivity contribution < 1.29 is 31.9 Å². The van der Waals surface area contributed by atoms with Crippen LogP contribution in [0.1, 0.15) is 33.6 Å². The molecule has 3 amide bonds. The molecule has 3 saturated heterocycles. The van der Waals surface area contributed by atoms with Gasteiger partial charge in [-0.2, -0.15) is 12.7 Å². The number of amides is 3. The fraction of sp³-hybridized carbons (Fsp3) is 0.812. The molecule has 10 nitrogen and oxygen atoms in total. The van der Waals surface area contributed by atoms with Crippen LogP contribution in [0.3, 0.4) is 0 Å². The number of hydrogen-bond acceptors (Lipinski definition) is 6. The van der Waals surface area contributed by atoms with E-state index in [1.54, 1.807) is 20.8 Å². The third-order valence-corrected chi connectivity index (χ3v) is 6.56. The molecule has 0 aromatic heterocycles. The molecule has 0 radical (unpaired) electrons. The van der Waals surface area contributed by atoms with Gasteiger partial charge in [0, 0.05) is 45.6 Å². The number of hydrogen-bond donors (Lipinski definition) is 1.